The fraction of sp³-hybridized carbons (Fsp3) is 0.556. The first-order valence-corrected chi connectivity index (χ1v) is 8.11. The average molecular weight is 302 g/mol. The summed E-state index contributed by atoms with van der Waals surface area (Å²) in [6.07, 6.45) is 0. The van der Waals surface area contributed by atoms with E-state index in [1.54, 1.807) is 0 Å². The van der Waals surface area contributed by atoms with Gasteiger partial charge in [-0.15, -0.1) is 15.3 Å². The lowest BCUT2D eigenvalue weighted by Gasteiger charge is -1.98. The Kier molecular flexibility index (Phi) is 3.54. The number of aromatic nitrogens is 5. The summed E-state index contributed by atoms with van der Waals surface area (Å²) in [4.78, 5) is 0. The molecule has 2 heterocycles. The van der Waals surface area contributed by atoms with Crippen LogP contribution in [0.15, 0.2) is 5.03 Å². The molecule has 0 fully saturated rings. The highest BCUT2D eigenvalue weighted by Crippen LogP contribution is 2.25. The SMILES string of the molecule is CCS(=O)(=O)c1nnn(-c2nnc(C(C)C)s2)c1N. The monoisotopic (exact) mass is 302 g/mol. The molecule has 2 aromatic rings. The molecule has 0 saturated heterocycles. The molecular weight excluding hydrogens is 288 g/mol. The number of nitrogens with two attached hydrogens (primary N) is 1. The van der Waals surface area contributed by atoms with E-state index in [1.165, 1.54) is 22.9 Å². The Morgan fingerprint density at radius 3 is 2.53 bits per heavy atom. The van der Waals surface area contributed by atoms with Crippen molar-refractivity contribution in [3.05, 3.63) is 5.01 Å². The highest BCUT2D eigenvalue weighted by Gasteiger charge is 2.24. The van der Waals surface area contributed by atoms with Crippen LogP contribution in [0.4, 0.5) is 5.82 Å². The van der Waals surface area contributed by atoms with Gasteiger partial charge in [-0.05, 0) is 0 Å². The predicted octanol–water partition coefficient (Wildman–Crippen LogP) is 0.618. The van der Waals surface area contributed by atoms with Gasteiger partial charge in [-0.1, -0.05) is 37.3 Å². The van der Waals surface area contributed by atoms with Gasteiger partial charge >= 0.3 is 0 Å². The first-order chi connectivity index (χ1) is 8.86. The molecule has 2 aromatic heterocycles. The molecular formula is C9H14N6O2S2. The summed E-state index contributed by atoms with van der Waals surface area (Å²) in [5.74, 6) is 0.117. The largest absolute Gasteiger partial charge is 0.381 e. The van der Waals surface area contributed by atoms with Gasteiger partial charge in [0, 0.05) is 5.92 Å². The molecule has 2 N–H and O–H groups in total. The van der Waals surface area contributed by atoms with Crippen LogP contribution in [-0.4, -0.2) is 39.4 Å². The molecule has 0 aromatic carbocycles. The van der Waals surface area contributed by atoms with Gasteiger partial charge in [0.15, 0.2) is 5.82 Å². The zero-order valence-electron chi connectivity index (χ0n) is 10.7. The van der Waals surface area contributed by atoms with E-state index in [1.807, 2.05) is 13.8 Å². The molecule has 0 aliphatic heterocycles. The minimum atomic E-state index is -3.49. The molecule has 0 unspecified atom stereocenters. The quantitative estimate of drug-likeness (QED) is 0.879. The normalized spacial score (nSPS) is 12.2. The van der Waals surface area contributed by atoms with Gasteiger partial charge in [-0.25, -0.2) is 8.42 Å². The lowest BCUT2D eigenvalue weighted by molar-refractivity contribution is 0.593. The minimum Gasteiger partial charge on any atom is -0.381 e. The van der Waals surface area contributed by atoms with Crippen LogP contribution in [0.2, 0.25) is 0 Å². The maximum atomic E-state index is 11.8. The molecule has 0 saturated carbocycles. The van der Waals surface area contributed by atoms with Crippen molar-refractivity contribution in [1.29, 1.82) is 0 Å². The summed E-state index contributed by atoms with van der Waals surface area (Å²) in [5, 5.41) is 16.3. The first-order valence-electron chi connectivity index (χ1n) is 5.64. The molecule has 8 nitrogen and oxygen atoms in total. The average Bonchev–Trinajstić information content (AvgIpc) is 2.95. The summed E-state index contributed by atoms with van der Waals surface area (Å²) < 4.78 is 24.7. The number of anilines is 1. The Labute approximate surface area is 114 Å². The molecule has 0 amide bonds. The maximum absolute atomic E-state index is 11.8. The molecule has 0 spiro atoms. The Bertz CT molecular complexity index is 687. The number of hydrogen-bond acceptors (Lipinski definition) is 8. The molecule has 104 valence electrons. The maximum Gasteiger partial charge on any atom is 0.236 e. The summed E-state index contributed by atoms with van der Waals surface area (Å²) in [5.41, 5.74) is 5.78. The molecule has 19 heavy (non-hydrogen) atoms. The van der Waals surface area contributed by atoms with Crippen LogP contribution < -0.4 is 5.73 Å². The summed E-state index contributed by atoms with van der Waals surface area (Å²) in [6.45, 7) is 5.50. The molecule has 0 aliphatic rings. The van der Waals surface area contributed by atoms with Gasteiger partial charge in [0.2, 0.25) is 20.0 Å². The van der Waals surface area contributed by atoms with Crippen molar-refractivity contribution in [3.8, 4) is 5.13 Å². The highest BCUT2D eigenvalue weighted by atomic mass is 32.2. The van der Waals surface area contributed by atoms with E-state index in [0.29, 0.717) is 5.13 Å². The summed E-state index contributed by atoms with van der Waals surface area (Å²) in [6, 6.07) is 0. The molecule has 0 aliphatic carbocycles. The number of sulfone groups is 1. The Hall–Kier alpha value is -1.55. The minimum absolute atomic E-state index is 0.0340. The van der Waals surface area contributed by atoms with Gasteiger partial charge in [-0.2, -0.15) is 4.68 Å². The molecule has 10 heteroatoms. The van der Waals surface area contributed by atoms with E-state index < -0.39 is 9.84 Å². The van der Waals surface area contributed by atoms with Crippen molar-refractivity contribution < 1.29 is 8.42 Å². The fourth-order valence-corrected chi connectivity index (χ4v) is 2.97. The third-order valence-corrected chi connectivity index (χ3v) is 5.29. The number of rotatable bonds is 4. The van der Waals surface area contributed by atoms with Crippen molar-refractivity contribution >= 4 is 27.0 Å². The van der Waals surface area contributed by atoms with Crippen molar-refractivity contribution in [1.82, 2.24) is 25.2 Å². The zero-order valence-corrected chi connectivity index (χ0v) is 12.4. The van der Waals surface area contributed by atoms with Gasteiger partial charge in [0.1, 0.15) is 5.01 Å². The molecule has 0 atom stereocenters. The Morgan fingerprint density at radius 1 is 1.32 bits per heavy atom. The van der Waals surface area contributed by atoms with E-state index in [2.05, 4.69) is 20.5 Å². The van der Waals surface area contributed by atoms with Crippen LogP contribution in [-0.2, 0) is 9.84 Å². The second-order valence-corrected chi connectivity index (χ2v) is 7.35. The summed E-state index contributed by atoms with van der Waals surface area (Å²) >= 11 is 1.30. The Balaban J connectivity index is 2.47. The standard InChI is InChI=1S/C9H14N6O2S2/c1-4-19(16,17)8-6(10)15(14-12-8)9-13-11-7(18-9)5(2)3/h5H,4,10H2,1-3H3. The highest BCUT2D eigenvalue weighted by molar-refractivity contribution is 7.91. The van der Waals surface area contributed by atoms with E-state index in [9.17, 15) is 8.42 Å². The first kappa shape index (κ1) is 13.9. The number of hydrogen-bond donors (Lipinski definition) is 1. The second kappa shape index (κ2) is 4.85. The lowest BCUT2D eigenvalue weighted by atomic mass is 10.2. The Morgan fingerprint density at radius 2 is 2.00 bits per heavy atom. The summed E-state index contributed by atoms with van der Waals surface area (Å²) in [7, 11) is -3.49. The smallest absolute Gasteiger partial charge is 0.236 e. The number of nitrogen functional groups attached to an aromatic ring is 1. The van der Waals surface area contributed by atoms with Crippen LogP contribution in [0.3, 0.4) is 0 Å². The van der Waals surface area contributed by atoms with Gasteiger partial charge in [0.25, 0.3) is 0 Å². The fourth-order valence-electron chi connectivity index (χ4n) is 1.32. The third kappa shape index (κ3) is 2.45. The lowest BCUT2D eigenvalue weighted by Crippen LogP contribution is -2.08. The van der Waals surface area contributed by atoms with E-state index >= 15 is 0 Å². The van der Waals surface area contributed by atoms with E-state index in [-0.39, 0.29) is 22.5 Å². The van der Waals surface area contributed by atoms with E-state index in [4.69, 9.17) is 5.73 Å². The van der Waals surface area contributed by atoms with E-state index in [0.717, 1.165) is 5.01 Å². The second-order valence-electron chi connectivity index (χ2n) is 4.17. The molecule has 0 bridgehead atoms. The predicted molar refractivity (Wildman–Crippen MR) is 71.1 cm³/mol. The topological polar surface area (TPSA) is 117 Å². The van der Waals surface area contributed by atoms with Gasteiger partial charge < -0.3 is 5.73 Å². The zero-order chi connectivity index (χ0) is 14.2. The van der Waals surface area contributed by atoms with Crippen LogP contribution in [0.25, 0.3) is 5.13 Å². The van der Waals surface area contributed by atoms with Crippen LogP contribution >= 0.6 is 11.3 Å². The van der Waals surface area contributed by atoms with Crippen LogP contribution in [0.5, 0.6) is 0 Å². The third-order valence-electron chi connectivity index (χ3n) is 2.45. The molecule has 0 radical (unpaired) electrons. The van der Waals surface area contributed by atoms with Crippen molar-refractivity contribution in [3.63, 3.8) is 0 Å². The van der Waals surface area contributed by atoms with Crippen LogP contribution in [0.1, 0.15) is 31.7 Å². The molecule has 2 rings (SSSR count). The van der Waals surface area contributed by atoms with Gasteiger partial charge in [0.05, 0.1) is 5.75 Å². The van der Waals surface area contributed by atoms with Crippen molar-refractivity contribution in [2.24, 2.45) is 0 Å². The van der Waals surface area contributed by atoms with Gasteiger partial charge in [-0.3, -0.25) is 0 Å². The van der Waals surface area contributed by atoms with Crippen molar-refractivity contribution in [2.75, 3.05) is 11.5 Å². The van der Waals surface area contributed by atoms with Crippen molar-refractivity contribution in [2.45, 2.75) is 31.7 Å². The van der Waals surface area contributed by atoms with Crippen LogP contribution in [0, 0.1) is 0 Å². The number of nitrogens with zero attached hydrogens (tertiary/aromatic N) is 5.